The number of carbonyl (C=O) groups is 1. The minimum atomic E-state index is 0.197. The highest BCUT2D eigenvalue weighted by Gasteiger charge is 2.31. The van der Waals surface area contributed by atoms with Crippen LogP contribution in [-0.4, -0.2) is 74.2 Å². The Morgan fingerprint density at radius 3 is 2.59 bits per heavy atom. The molecule has 4 heterocycles. The van der Waals surface area contributed by atoms with E-state index in [1.807, 2.05) is 41.5 Å². The van der Waals surface area contributed by atoms with E-state index in [1.165, 1.54) is 11.1 Å². The number of H-pyrrole nitrogens is 1. The van der Waals surface area contributed by atoms with Crippen molar-refractivity contribution in [1.29, 1.82) is 0 Å². The molecule has 1 N–H and O–H groups in total. The number of likely N-dealkylation sites (N-methyl/N-ethyl adjacent to an activating group) is 1. The van der Waals surface area contributed by atoms with Crippen LogP contribution in [-0.2, 0) is 4.79 Å². The van der Waals surface area contributed by atoms with E-state index in [0.29, 0.717) is 12.5 Å². The summed E-state index contributed by atoms with van der Waals surface area (Å²) in [6.45, 7) is 8.49. The average Bonchev–Trinajstić information content (AvgIpc) is 3.40. The lowest BCUT2D eigenvalue weighted by atomic mass is 9.89. The van der Waals surface area contributed by atoms with Gasteiger partial charge in [-0.3, -0.25) is 9.89 Å². The molecule has 8 nitrogen and oxygen atoms in total. The fourth-order valence-corrected chi connectivity index (χ4v) is 4.76. The molecule has 0 bridgehead atoms. The first-order chi connectivity index (χ1) is 16.3. The highest BCUT2D eigenvalue weighted by atomic mass is 16.2. The van der Waals surface area contributed by atoms with E-state index in [0.717, 1.165) is 46.8 Å². The van der Waals surface area contributed by atoms with Gasteiger partial charge in [0, 0.05) is 41.9 Å². The van der Waals surface area contributed by atoms with Crippen molar-refractivity contribution >= 4 is 11.6 Å². The zero-order chi connectivity index (χ0) is 24.0. The molecule has 0 unspecified atom stereocenters. The number of benzene rings is 1. The molecule has 34 heavy (non-hydrogen) atoms. The second-order valence-electron chi connectivity index (χ2n) is 9.81. The molecule has 1 saturated heterocycles. The Kier molecular flexibility index (Phi) is 5.69. The van der Waals surface area contributed by atoms with Gasteiger partial charge in [-0.1, -0.05) is 38.1 Å². The van der Waals surface area contributed by atoms with Gasteiger partial charge in [-0.25, -0.2) is 9.50 Å². The molecular formula is C26H31N7O. The van der Waals surface area contributed by atoms with Gasteiger partial charge in [-0.05, 0) is 44.1 Å². The molecule has 3 aromatic heterocycles. The second kappa shape index (κ2) is 8.68. The van der Waals surface area contributed by atoms with Gasteiger partial charge in [0.1, 0.15) is 6.33 Å². The lowest BCUT2D eigenvalue weighted by Crippen LogP contribution is -2.51. The van der Waals surface area contributed by atoms with Crippen molar-refractivity contribution < 1.29 is 4.79 Å². The fourth-order valence-electron chi connectivity index (χ4n) is 4.76. The van der Waals surface area contributed by atoms with Gasteiger partial charge in [-0.15, -0.1) is 0 Å². The molecule has 0 atom stereocenters. The molecule has 1 aliphatic rings. The first-order valence-corrected chi connectivity index (χ1v) is 11.7. The summed E-state index contributed by atoms with van der Waals surface area (Å²) in [5.74, 6) is 0.887. The van der Waals surface area contributed by atoms with E-state index in [2.05, 4.69) is 59.4 Å². The monoisotopic (exact) mass is 457 g/mol. The zero-order valence-corrected chi connectivity index (χ0v) is 20.4. The summed E-state index contributed by atoms with van der Waals surface area (Å²) < 4.78 is 1.81. The van der Waals surface area contributed by atoms with Gasteiger partial charge in [0.25, 0.3) is 0 Å². The number of carbonyl (C=O) groups excluding carboxylic acids is 1. The summed E-state index contributed by atoms with van der Waals surface area (Å²) >= 11 is 0. The molecule has 1 aliphatic heterocycles. The van der Waals surface area contributed by atoms with Crippen molar-refractivity contribution in [2.75, 3.05) is 33.7 Å². The van der Waals surface area contributed by atoms with Gasteiger partial charge in [0.2, 0.25) is 5.91 Å². The molecule has 1 fully saturated rings. The lowest BCUT2D eigenvalue weighted by molar-refractivity contribution is -0.136. The van der Waals surface area contributed by atoms with Crippen LogP contribution in [0.4, 0.5) is 0 Å². The Bertz CT molecular complexity index is 1330. The zero-order valence-electron chi connectivity index (χ0n) is 20.4. The van der Waals surface area contributed by atoms with Crippen molar-refractivity contribution in [1.82, 2.24) is 34.6 Å². The summed E-state index contributed by atoms with van der Waals surface area (Å²) in [5.41, 5.74) is 8.53. The van der Waals surface area contributed by atoms with Crippen molar-refractivity contribution in [2.24, 2.45) is 0 Å². The third kappa shape index (κ3) is 3.98. The van der Waals surface area contributed by atoms with E-state index in [4.69, 9.17) is 5.10 Å². The van der Waals surface area contributed by atoms with E-state index >= 15 is 0 Å². The number of likely N-dealkylation sites (tertiary alicyclic amines) is 1. The van der Waals surface area contributed by atoms with Gasteiger partial charge >= 0.3 is 0 Å². The quantitative estimate of drug-likeness (QED) is 0.477. The number of rotatable bonds is 6. The molecule has 1 amide bonds. The summed E-state index contributed by atoms with van der Waals surface area (Å²) in [6, 6.07) is 10.8. The Labute approximate surface area is 199 Å². The van der Waals surface area contributed by atoms with E-state index in [9.17, 15) is 4.79 Å². The summed E-state index contributed by atoms with van der Waals surface area (Å²) in [7, 11) is 3.85. The van der Waals surface area contributed by atoms with Crippen molar-refractivity contribution in [3.8, 4) is 22.5 Å². The lowest BCUT2D eigenvalue weighted by Gasteiger charge is -2.40. The second-order valence-corrected chi connectivity index (χ2v) is 9.81. The van der Waals surface area contributed by atoms with Crippen LogP contribution in [0.5, 0.6) is 0 Å². The normalized spacial score (nSPS) is 14.4. The van der Waals surface area contributed by atoms with Crippen LogP contribution in [0.1, 0.15) is 42.4 Å². The van der Waals surface area contributed by atoms with Crippen LogP contribution in [0.15, 0.2) is 42.9 Å². The number of aromatic nitrogens is 5. The third-order valence-electron chi connectivity index (χ3n) is 6.57. The first-order valence-electron chi connectivity index (χ1n) is 11.7. The summed E-state index contributed by atoms with van der Waals surface area (Å²) in [4.78, 5) is 20.4. The predicted molar refractivity (Wildman–Crippen MR) is 133 cm³/mol. The Morgan fingerprint density at radius 1 is 1.18 bits per heavy atom. The number of nitrogens with one attached hydrogen (secondary N) is 1. The van der Waals surface area contributed by atoms with Crippen molar-refractivity contribution in [2.45, 2.75) is 32.6 Å². The molecule has 1 aromatic carbocycles. The van der Waals surface area contributed by atoms with Crippen LogP contribution >= 0.6 is 0 Å². The number of pyridine rings is 1. The molecule has 5 rings (SSSR count). The highest BCUT2D eigenvalue weighted by molar-refractivity contribution is 5.79. The van der Waals surface area contributed by atoms with E-state index < -0.39 is 0 Å². The third-order valence-corrected chi connectivity index (χ3v) is 6.57. The Hall–Kier alpha value is -3.52. The largest absolute Gasteiger partial charge is 0.340 e. The minimum absolute atomic E-state index is 0.197. The van der Waals surface area contributed by atoms with Crippen LogP contribution in [0, 0.1) is 6.92 Å². The fraction of sp³-hybridized carbons (Fsp3) is 0.385. The van der Waals surface area contributed by atoms with Gasteiger partial charge in [-0.2, -0.15) is 10.2 Å². The van der Waals surface area contributed by atoms with Crippen molar-refractivity contribution in [3.05, 3.63) is 59.5 Å². The molecule has 0 spiro atoms. The number of aryl methyl sites for hydroxylation is 1. The molecule has 176 valence electrons. The Balaban J connectivity index is 1.39. The SMILES string of the molecule is Cc1cc(-c2[nH]nc(-c3ccc(C4CN(C(=O)CN(C)C)C4)cc3)c2C(C)C)cn2ncnc12. The smallest absolute Gasteiger partial charge is 0.236 e. The maximum Gasteiger partial charge on any atom is 0.236 e. The van der Waals surface area contributed by atoms with Crippen LogP contribution < -0.4 is 0 Å². The standard InChI is InChI=1S/C26H31N7O/c1-16(2)23-24(29-30-25(23)20-10-17(3)26-27-15-28-33(26)13-20)19-8-6-18(7-9-19)21-11-32(12-21)22(34)14-31(4)5/h6-10,13,15-16,21H,11-12,14H2,1-5H3,(H,29,30). The molecule has 8 heteroatoms. The molecule has 0 saturated carbocycles. The predicted octanol–water partition coefficient (Wildman–Crippen LogP) is 3.71. The Morgan fingerprint density at radius 2 is 1.91 bits per heavy atom. The highest BCUT2D eigenvalue weighted by Crippen LogP contribution is 2.37. The van der Waals surface area contributed by atoms with Gasteiger partial charge in [0.15, 0.2) is 5.65 Å². The van der Waals surface area contributed by atoms with Gasteiger partial charge in [0.05, 0.1) is 17.9 Å². The first kappa shape index (κ1) is 22.3. The van der Waals surface area contributed by atoms with Crippen LogP contribution in [0.25, 0.3) is 28.2 Å². The number of amides is 1. The van der Waals surface area contributed by atoms with Crippen LogP contribution in [0.2, 0.25) is 0 Å². The molecule has 0 radical (unpaired) electrons. The van der Waals surface area contributed by atoms with Gasteiger partial charge < -0.3 is 9.80 Å². The minimum Gasteiger partial charge on any atom is -0.340 e. The summed E-state index contributed by atoms with van der Waals surface area (Å²) in [5, 5.41) is 12.3. The molecule has 4 aromatic rings. The van der Waals surface area contributed by atoms with E-state index in [1.54, 1.807) is 6.33 Å². The maximum atomic E-state index is 12.2. The average molecular weight is 458 g/mol. The molecular weight excluding hydrogens is 426 g/mol. The van der Waals surface area contributed by atoms with Crippen molar-refractivity contribution in [3.63, 3.8) is 0 Å². The number of hydrogen-bond donors (Lipinski definition) is 1. The maximum absolute atomic E-state index is 12.2. The number of aromatic amines is 1. The molecule has 0 aliphatic carbocycles. The topological polar surface area (TPSA) is 82.4 Å². The summed E-state index contributed by atoms with van der Waals surface area (Å²) in [6.07, 6.45) is 3.58. The number of hydrogen-bond acceptors (Lipinski definition) is 5. The van der Waals surface area contributed by atoms with Crippen LogP contribution in [0.3, 0.4) is 0 Å². The van der Waals surface area contributed by atoms with E-state index in [-0.39, 0.29) is 11.8 Å². The number of fused-ring (bicyclic) bond motifs is 1. The number of nitrogens with zero attached hydrogens (tertiary/aromatic N) is 6.